The van der Waals surface area contributed by atoms with Gasteiger partial charge in [-0.1, -0.05) is 17.4 Å². The summed E-state index contributed by atoms with van der Waals surface area (Å²) >= 11 is 1.24. The Morgan fingerprint density at radius 1 is 1.10 bits per heavy atom. The molecule has 1 aromatic heterocycles. The van der Waals surface area contributed by atoms with Gasteiger partial charge >= 0.3 is 0 Å². The second-order valence-electron chi connectivity index (χ2n) is 6.38. The van der Waals surface area contributed by atoms with Gasteiger partial charge in [0.15, 0.2) is 16.6 Å². The minimum Gasteiger partial charge on any atom is -0.493 e. The molecule has 1 amide bonds. The quantitative estimate of drug-likeness (QED) is 0.578. The van der Waals surface area contributed by atoms with Gasteiger partial charge in [0, 0.05) is 5.69 Å². The van der Waals surface area contributed by atoms with Gasteiger partial charge in [-0.15, -0.1) is 0 Å². The molecule has 0 bridgehead atoms. The lowest BCUT2D eigenvalue weighted by Crippen LogP contribution is -2.26. The highest BCUT2D eigenvalue weighted by atomic mass is 32.1. The number of hydrogen-bond acceptors (Lipinski definition) is 6. The molecule has 0 aliphatic carbocycles. The first-order valence-electron chi connectivity index (χ1n) is 8.94. The number of carbonyl (C=O) groups is 1. The Hall–Kier alpha value is -3.13. The molecule has 29 heavy (non-hydrogen) atoms. The first-order valence-corrected chi connectivity index (χ1v) is 9.75. The summed E-state index contributed by atoms with van der Waals surface area (Å²) in [5.74, 6) is 0.708. The van der Waals surface area contributed by atoms with Crippen molar-refractivity contribution in [2.75, 3.05) is 19.5 Å². The topological polar surface area (TPSA) is 72.5 Å². The van der Waals surface area contributed by atoms with Crippen LogP contribution in [0.3, 0.4) is 0 Å². The highest BCUT2D eigenvalue weighted by Crippen LogP contribution is 2.31. The highest BCUT2D eigenvalue weighted by molar-refractivity contribution is 7.17. The lowest BCUT2D eigenvalue weighted by molar-refractivity contribution is 0.0943. The number of halogens is 1. The Labute approximate surface area is 172 Å². The molecule has 0 radical (unpaired) electrons. The standard InChI is InChI=1S/C21H22FN3O3S/c1-12(14-5-10-17(27-3)18(11-14)28-4)23-20(26)19-13(2)24-21(29-19)25-16-8-6-15(22)7-9-16/h5-12H,1-4H3,(H,23,26)(H,24,25). The summed E-state index contributed by atoms with van der Waals surface area (Å²) in [6.07, 6.45) is 0. The number of anilines is 2. The molecule has 8 heteroatoms. The van der Waals surface area contributed by atoms with Crippen LogP contribution in [0.4, 0.5) is 15.2 Å². The lowest BCUT2D eigenvalue weighted by Gasteiger charge is -2.16. The molecule has 152 valence electrons. The number of methoxy groups -OCH3 is 2. The van der Waals surface area contributed by atoms with Gasteiger partial charge in [-0.25, -0.2) is 9.37 Å². The third kappa shape index (κ3) is 4.83. The summed E-state index contributed by atoms with van der Waals surface area (Å²) in [6, 6.07) is 11.2. The van der Waals surface area contributed by atoms with E-state index in [1.54, 1.807) is 39.3 Å². The molecule has 3 aromatic rings. The number of carbonyl (C=O) groups excluding carboxylic acids is 1. The number of hydrogen-bond donors (Lipinski definition) is 2. The summed E-state index contributed by atoms with van der Waals surface area (Å²) < 4.78 is 23.6. The van der Waals surface area contributed by atoms with Crippen LogP contribution in [0, 0.1) is 12.7 Å². The zero-order chi connectivity index (χ0) is 21.0. The van der Waals surface area contributed by atoms with Crippen molar-refractivity contribution in [1.82, 2.24) is 10.3 Å². The number of aromatic nitrogens is 1. The van der Waals surface area contributed by atoms with Crippen LogP contribution < -0.4 is 20.1 Å². The first kappa shape index (κ1) is 20.6. The van der Waals surface area contributed by atoms with Crippen molar-refractivity contribution < 1.29 is 18.7 Å². The maximum Gasteiger partial charge on any atom is 0.263 e. The summed E-state index contributed by atoms with van der Waals surface area (Å²) in [5, 5.41) is 6.64. The molecule has 0 spiro atoms. The molecular formula is C21H22FN3O3S. The number of benzene rings is 2. The molecule has 2 aromatic carbocycles. The number of aryl methyl sites for hydroxylation is 1. The molecule has 0 saturated heterocycles. The fourth-order valence-electron chi connectivity index (χ4n) is 2.78. The third-order valence-electron chi connectivity index (χ3n) is 4.35. The molecule has 1 unspecified atom stereocenters. The first-order chi connectivity index (χ1) is 13.9. The number of ether oxygens (including phenoxy) is 2. The van der Waals surface area contributed by atoms with Gasteiger partial charge in [-0.05, 0) is 55.8 Å². The fraction of sp³-hybridized carbons (Fsp3) is 0.238. The van der Waals surface area contributed by atoms with Crippen molar-refractivity contribution in [3.05, 3.63) is 64.4 Å². The smallest absolute Gasteiger partial charge is 0.263 e. The third-order valence-corrected chi connectivity index (χ3v) is 5.43. The molecule has 0 saturated carbocycles. The zero-order valence-corrected chi connectivity index (χ0v) is 17.4. The van der Waals surface area contributed by atoms with Crippen LogP contribution in [-0.4, -0.2) is 25.1 Å². The van der Waals surface area contributed by atoms with E-state index in [4.69, 9.17) is 9.47 Å². The van der Waals surface area contributed by atoms with E-state index < -0.39 is 0 Å². The Kier molecular flexibility index (Phi) is 6.33. The molecule has 3 rings (SSSR count). The molecular weight excluding hydrogens is 393 g/mol. The zero-order valence-electron chi connectivity index (χ0n) is 16.6. The van der Waals surface area contributed by atoms with E-state index in [1.165, 1.54) is 23.5 Å². The Balaban J connectivity index is 1.72. The van der Waals surface area contributed by atoms with Crippen molar-refractivity contribution in [3.8, 4) is 11.5 Å². The molecule has 0 aliphatic heterocycles. The SMILES string of the molecule is COc1ccc(C(C)NC(=O)c2sc(Nc3ccc(F)cc3)nc2C)cc1OC. The summed E-state index contributed by atoms with van der Waals surface area (Å²) in [7, 11) is 3.15. The predicted molar refractivity (Wildman–Crippen MR) is 112 cm³/mol. The average molecular weight is 415 g/mol. The van der Waals surface area contributed by atoms with E-state index >= 15 is 0 Å². The monoisotopic (exact) mass is 415 g/mol. The number of thiazole rings is 1. The van der Waals surface area contributed by atoms with Gasteiger partial charge in [-0.2, -0.15) is 0 Å². The Morgan fingerprint density at radius 3 is 2.45 bits per heavy atom. The maximum absolute atomic E-state index is 13.0. The number of amides is 1. The van der Waals surface area contributed by atoms with E-state index in [-0.39, 0.29) is 17.8 Å². The minimum atomic E-state index is -0.310. The summed E-state index contributed by atoms with van der Waals surface area (Å²) in [6.45, 7) is 3.68. The van der Waals surface area contributed by atoms with Gasteiger partial charge < -0.3 is 20.1 Å². The van der Waals surface area contributed by atoms with Crippen molar-refractivity contribution in [1.29, 1.82) is 0 Å². The summed E-state index contributed by atoms with van der Waals surface area (Å²) in [5.41, 5.74) is 2.21. The summed E-state index contributed by atoms with van der Waals surface area (Å²) in [4.78, 5) is 17.7. The number of nitrogens with one attached hydrogen (secondary N) is 2. The van der Waals surface area contributed by atoms with Crippen LogP contribution in [0.1, 0.15) is 33.9 Å². The number of nitrogens with zero attached hydrogens (tertiary/aromatic N) is 1. The van der Waals surface area contributed by atoms with E-state index in [9.17, 15) is 9.18 Å². The molecule has 1 atom stereocenters. The largest absolute Gasteiger partial charge is 0.493 e. The number of rotatable bonds is 7. The lowest BCUT2D eigenvalue weighted by atomic mass is 10.1. The van der Waals surface area contributed by atoms with Crippen LogP contribution >= 0.6 is 11.3 Å². The van der Waals surface area contributed by atoms with Crippen LogP contribution in [-0.2, 0) is 0 Å². The minimum absolute atomic E-state index is 0.213. The van der Waals surface area contributed by atoms with E-state index in [2.05, 4.69) is 15.6 Å². The molecule has 2 N–H and O–H groups in total. The molecule has 1 heterocycles. The Morgan fingerprint density at radius 2 is 1.79 bits per heavy atom. The van der Waals surface area contributed by atoms with E-state index in [1.807, 2.05) is 19.1 Å². The predicted octanol–water partition coefficient (Wildman–Crippen LogP) is 4.84. The highest BCUT2D eigenvalue weighted by Gasteiger charge is 2.19. The van der Waals surface area contributed by atoms with Crippen molar-refractivity contribution in [2.24, 2.45) is 0 Å². The van der Waals surface area contributed by atoms with Crippen molar-refractivity contribution in [3.63, 3.8) is 0 Å². The van der Waals surface area contributed by atoms with E-state index in [0.717, 1.165) is 5.56 Å². The van der Waals surface area contributed by atoms with Crippen LogP contribution in [0.25, 0.3) is 0 Å². The van der Waals surface area contributed by atoms with E-state index in [0.29, 0.717) is 32.9 Å². The van der Waals surface area contributed by atoms with Gasteiger partial charge in [0.2, 0.25) is 0 Å². The average Bonchev–Trinajstić information content (AvgIpc) is 3.09. The van der Waals surface area contributed by atoms with Crippen LogP contribution in [0.15, 0.2) is 42.5 Å². The van der Waals surface area contributed by atoms with Crippen molar-refractivity contribution in [2.45, 2.75) is 19.9 Å². The molecule has 6 nitrogen and oxygen atoms in total. The second kappa shape index (κ2) is 8.91. The molecule has 0 fully saturated rings. The van der Waals surface area contributed by atoms with Crippen molar-refractivity contribution >= 4 is 28.1 Å². The van der Waals surface area contributed by atoms with Crippen LogP contribution in [0.2, 0.25) is 0 Å². The van der Waals surface area contributed by atoms with Gasteiger partial charge in [-0.3, -0.25) is 4.79 Å². The maximum atomic E-state index is 13.0. The second-order valence-corrected chi connectivity index (χ2v) is 7.37. The fourth-order valence-corrected chi connectivity index (χ4v) is 3.67. The van der Waals surface area contributed by atoms with Gasteiger partial charge in [0.05, 0.1) is 26.0 Å². The van der Waals surface area contributed by atoms with Gasteiger partial charge in [0.1, 0.15) is 10.7 Å². The van der Waals surface area contributed by atoms with Crippen LogP contribution in [0.5, 0.6) is 11.5 Å². The Bertz CT molecular complexity index is 1000. The van der Waals surface area contributed by atoms with Gasteiger partial charge in [0.25, 0.3) is 5.91 Å². The normalized spacial score (nSPS) is 11.6. The molecule has 0 aliphatic rings.